The van der Waals surface area contributed by atoms with Crippen molar-refractivity contribution in [3.8, 4) is 0 Å². The number of benzene rings is 1. The monoisotopic (exact) mass is 246 g/mol. The van der Waals surface area contributed by atoms with Gasteiger partial charge in [0.1, 0.15) is 0 Å². The van der Waals surface area contributed by atoms with Crippen LogP contribution in [0.5, 0.6) is 0 Å². The molecule has 2 atom stereocenters. The normalized spacial score (nSPS) is 15.0. The van der Waals surface area contributed by atoms with Crippen molar-refractivity contribution in [1.29, 1.82) is 0 Å². The molecule has 0 aliphatic carbocycles. The van der Waals surface area contributed by atoms with E-state index < -0.39 is 0 Å². The highest BCUT2D eigenvalue weighted by Gasteiger charge is 2.10. The molecule has 3 heteroatoms. The summed E-state index contributed by atoms with van der Waals surface area (Å²) in [6.45, 7) is 3.90. The first-order valence-electron chi connectivity index (χ1n) is 5.11. The SMILES string of the molecule is CC(O)CC(C)Cc1cccc(Cl)c1Cl. The van der Waals surface area contributed by atoms with Crippen LogP contribution in [0.1, 0.15) is 25.8 Å². The van der Waals surface area contributed by atoms with Crippen molar-refractivity contribution in [3.05, 3.63) is 33.8 Å². The predicted molar refractivity (Wildman–Crippen MR) is 65.6 cm³/mol. The average Bonchev–Trinajstić information content (AvgIpc) is 2.11. The molecule has 0 spiro atoms. The van der Waals surface area contributed by atoms with Crippen LogP contribution in [0.3, 0.4) is 0 Å². The van der Waals surface area contributed by atoms with Gasteiger partial charge in [-0.05, 0) is 37.3 Å². The fraction of sp³-hybridized carbons (Fsp3) is 0.500. The third kappa shape index (κ3) is 4.02. The molecule has 0 fully saturated rings. The molecule has 0 bridgehead atoms. The van der Waals surface area contributed by atoms with E-state index in [9.17, 15) is 5.11 Å². The van der Waals surface area contributed by atoms with Gasteiger partial charge in [0, 0.05) is 0 Å². The topological polar surface area (TPSA) is 20.2 Å². The molecular formula is C12H16Cl2O. The fourth-order valence-electron chi connectivity index (χ4n) is 1.75. The van der Waals surface area contributed by atoms with Crippen LogP contribution >= 0.6 is 23.2 Å². The zero-order chi connectivity index (χ0) is 11.4. The summed E-state index contributed by atoms with van der Waals surface area (Å²) in [5.74, 6) is 0.404. The summed E-state index contributed by atoms with van der Waals surface area (Å²) in [5, 5.41) is 10.5. The molecule has 1 rings (SSSR count). The first-order chi connectivity index (χ1) is 7.00. The lowest BCUT2D eigenvalue weighted by atomic mass is 9.96. The zero-order valence-corrected chi connectivity index (χ0v) is 10.5. The maximum Gasteiger partial charge on any atom is 0.0624 e. The van der Waals surface area contributed by atoms with Crippen molar-refractivity contribution in [1.82, 2.24) is 0 Å². The Morgan fingerprint density at radius 3 is 2.53 bits per heavy atom. The van der Waals surface area contributed by atoms with Gasteiger partial charge in [-0.3, -0.25) is 0 Å². The number of halogens is 2. The summed E-state index contributed by atoms with van der Waals surface area (Å²) < 4.78 is 0. The maximum atomic E-state index is 9.27. The van der Waals surface area contributed by atoms with E-state index in [1.807, 2.05) is 12.1 Å². The first kappa shape index (κ1) is 12.8. The van der Waals surface area contributed by atoms with E-state index in [0.29, 0.717) is 16.0 Å². The van der Waals surface area contributed by atoms with Crippen LogP contribution < -0.4 is 0 Å². The summed E-state index contributed by atoms with van der Waals surface area (Å²) in [5.41, 5.74) is 1.05. The zero-order valence-electron chi connectivity index (χ0n) is 9.00. The summed E-state index contributed by atoms with van der Waals surface area (Å²) in [6.07, 6.45) is 1.37. The molecule has 1 N–H and O–H groups in total. The Bertz CT molecular complexity index is 323. The molecule has 0 aromatic heterocycles. The molecule has 84 valence electrons. The summed E-state index contributed by atoms with van der Waals surface area (Å²) in [4.78, 5) is 0. The largest absolute Gasteiger partial charge is 0.393 e. The van der Waals surface area contributed by atoms with E-state index in [0.717, 1.165) is 18.4 Å². The van der Waals surface area contributed by atoms with Gasteiger partial charge in [-0.15, -0.1) is 0 Å². The second kappa shape index (κ2) is 5.74. The van der Waals surface area contributed by atoms with Crippen molar-refractivity contribution >= 4 is 23.2 Å². The third-order valence-corrected chi connectivity index (χ3v) is 3.20. The third-order valence-electron chi connectivity index (χ3n) is 2.34. The molecule has 0 aliphatic heterocycles. The minimum Gasteiger partial charge on any atom is -0.393 e. The molecule has 1 aromatic carbocycles. The lowest BCUT2D eigenvalue weighted by Crippen LogP contribution is -2.09. The van der Waals surface area contributed by atoms with Crippen LogP contribution in [0.15, 0.2) is 18.2 Å². The van der Waals surface area contributed by atoms with Crippen LogP contribution in [0, 0.1) is 5.92 Å². The number of rotatable bonds is 4. The number of aliphatic hydroxyl groups excluding tert-OH is 1. The highest BCUT2D eigenvalue weighted by molar-refractivity contribution is 6.42. The lowest BCUT2D eigenvalue weighted by molar-refractivity contribution is 0.164. The van der Waals surface area contributed by atoms with Crippen molar-refractivity contribution < 1.29 is 5.11 Å². The second-order valence-electron chi connectivity index (χ2n) is 4.11. The van der Waals surface area contributed by atoms with Crippen molar-refractivity contribution in [2.24, 2.45) is 5.92 Å². The molecule has 0 aliphatic rings. The standard InChI is InChI=1S/C12H16Cl2O/c1-8(6-9(2)15)7-10-4-3-5-11(13)12(10)14/h3-5,8-9,15H,6-7H2,1-2H3. The minimum atomic E-state index is -0.266. The van der Waals surface area contributed by atoms with Crippen molar-refractivity contribution in [2.45, 2.75) is 32.8 Å². The van der Waals surface area contributed by atoms with Crippen molar-refractivity contribution in [2.75, 3.05) is 0 Å². The van der Waals surface area contributed by atoms with Gasteiger partial charge in [-0.2, -0.15) is 0 Å². The smallest absolute Gasteiger partial charge is 0.0624 e. The average molecular weight is 247 g/mol. The number of hydrogen-bond donors (Lipinski definition) is 1. The minimum absolute atomic E-state index is 0.266. The van der Waals surface area contributed by atoms with Crippen LogP contribution in [0.4, 0.5) is 0 Å². The highest BCUT2D eigenvalue weighted by Crippen LogP contribution is 2.28. The Labute approximate surface area is 101 Å². The van der Waals surface area contributed by atoms with Gasteiger partial charge in [0.15, 0.2) is 0 Å². The first-order valence-corrected chi connectivity index (χ1v) is 5.87. The molecule has 15 heavy (non-hydrogen) atoms. The van der Waals surface area contributed by atoms with Crippen LogP contribution in [0.2, 0.25) is 10.0 Å². The summed E-state index contributed by atoms with van der Waals surface area (Å²) in [7, 11) is 0. The van der Waals surface area contributed by atoms with E-state index in [4.69, 9.17) is 23.2 Å². The predicted octanol–water partition coefficient (Wildman–Crippen LogP) is 3.94. The van der Waals surface area contributed by atoms with Crippen LogP contribution in [-0.4, -0.2) is 11.2 Å². The molecule has 2 unspecified atom stereocenters. The molecule has 0 amide bonds. The van der Waals surface area contributed by atoms with E-state index in [2.05, 4.69) is 6.92 Å². The molecule has 1 aromatic rings. The Morgan fingerprint density at radius 2 is 1.93 bits per heavy atom. The molecule has 1 nitrogen and oxygen atoms in total. The highest BCUT2D eigenvalue weighted by atomic mass is 35.5. The molecule has 0 saturated heterocycles. The van der Waals surface area contributed by atoms with Gasteiger partial charge >= 0.3 is 0 Å². The van der Waals surface area contributed by atoms with E-state index >= 15 is 0 Å². The Balaban J connectivity index is 2.68. The Hall–Kier alpha value is -0.240. The van der Waals surface area contributed by atoms with E-state index in [1.165, 1.54) is 0 Å². The lowest BCUT2D eigenvalue weighted by Gasteiger charge is -2.14. The number of aliphatic hydroxyl groups is 1. The van der Waals surface area contributed by atoms with E-state index in [1.54, 1.807) is 13.0 Å². The maximum absolute atomic E-state index is 9.27. The fourth-order valence-corrected chi connectivity index (χ4v) is 2.14. The Kier molecular flexibility index (Phi) is 4.91. The summed E-state index contributed by atoms with van der Waals surface area (Å²) in [6, 6.07) is 5.66. The van der Waals surface area contributed by atoms with Gasteiger partial charge in [-0.25, -0.2) is 0 Å². The van der Waals surface area contributed by atoms with Crippen LogP contribution in [0.25, 0.3) is 0 Å². The molecule has 0 saturated carbocycles. The molecule has 0 radical (unpaired) electrons. The Morgan fingerprint density at radius 1 is 1.27 bits per heavy atom. The quantitative estimate of drug-likeness (QED) is 0.854. The second-order valence-corrected chi connectivity index (χ2v) is 4.89. The van der Waals surface area contributed by atoms with Gasteiger partial charge in [0.2, 0.25) is 0 Å². The van der Waals surface area contributed by atoms with Gasteiger partial charge in [0.25, 0.3) is 0 Å². The molecule has 0 heterocycles. The van der Waals surface area contributed by atoms with Gasteiger partial charge in [0.05, 0.1) is 16.1 Å². The number of hydrogen-bond acceptors (Lipinski definition) is 1. The molecular weight excluding hydrogens is 231 g/mol. The summed E-state index contributed by atoms with van der Waals surface area (Å²) >= 11 is 12.0. The van der Waals surface area contributed by atoms with Gasteiger partial charge < -0.3 is 5.11 Å². The van der Waals surface area contributed by atoms with Crippen LogP contribution in [-0.2, 0) is 6.42 Å². The van der Waals surface area contributed by atoms with Gasteiger partial charge in [-0.1, -0.05) is 42.3 Å². The van der Waals surface area contributed by atoms with Crippen molar-refractivity contribution in [3.63, 3.8) is 0 Å². The van der Waals surface area contributed by atoms with E-state index in [-0.39, 0.29) is 6.10 Å².